The van der Waals surface area contributed by atoms with Crippen LogP contribution in [0.3, 0.4) is 0 Å². The Bertz CT molecular complexity index is 1000. The molecule has 8 heteroatoms. The molecule has 1 saturated heterocycles. The van der Waals surface area contributed by atoms with Crippen molar-refractivity contribution in [1.82, 2.24) is 15.0 Å². The lowest BCUT2D eigenvalue weighted by molar-refractivity contribution is 0.550. The Labute approximate surface area is 155 Å². The van der Waals surface area contributed by atoms with Gasteiger partial charge in [-0.15, -0.1) is 0 Å². The summed E-state index contributed by atoms with van der Waals surface area (Å²) in [4.78, 5) is 15.5. The number of nitrogens with zero attached hydrogens (tertiary/aromatic N) is 5. The SMILES string of the molecule is CCN(c1c(F)cc(C#N)cc1F)C1CCN(c2ncnc3[nH]ccc23)C1. The number of likely N-dealkylation sites (N-methyl/N-ethyl adjacent to an activating group) is 1. The zero-order valence-corrected chi connectivity index (χ0v) is 14.8. The average Bonchev–Trinajstić information content (AvgIpc) is 3.33. The molecule has 0 amide bonds. The summed E-state index contributed by atoms with van der Waals surface area (Å²) in [5, 5.41) is 9.82. The fourth-order valence-electron chi connectivity index (χ4n) is 3.80. The summed E-state index contributed by atoms with van der Waals surface area (Å²) in [6, 6.07) is 5.82. The van der Waals surface area contributed by atoms with E-state index < -0.39 is 11.6 Å². The molecule has 1 atom stereocenters. The van der Waals surface area contributed by atoms with Crippen molar-refractivity contribution in [3.05, 3.63) is 47.9 Å². The van der Waals surface area contributed by atoms with Crippen molar-refractivity contribution in [2.75, 3.05) is 29.4 Å². The van der Waals surface area contributed by atoms with Crippen LogP contribution in [0.25, 0.3) is 11.0 Å². The number of nitrogens with one attached hydrogen (secondary N) is 1. The maximum Gasteiger partial charge on any atom is 0.150 e. The molecular weight excluding hydrogens is 350 g/mol. The van der Waals surface area contributed by atoms with Gasteiger partial charge in [-0.05, 0) is 31.5 Å². The Hall–Kier alpha value is -3.21. The van der Waals surface area contributed by atoms with E-state index in [-0.39, 0.29) is 17.3 Å². The number of benzene rings is 1. The lowest BCUT2D eigenvalue weighted by Gasteiger charge is -2.31. The van der Waals surface area contributed by atoms with Gasteiger partial charge < -0.3 is 14.8 Å². The number of hydrogen-bond acceptors (Lipinski definition) is 5. The van der Waals surface area contributed by atoms with Crippen LogP contribution in [0.4, 0.5) is 20.3 Å². The van der Waals surface area contributed by atoms with Gasteiger partial charge in [-0.25, -0.2) is 18.7 Å². The molecule has 27 heavy (non-hydrogen) atoms. The first-order valence-corrected chi connectivity index (χ1v) is 8.81. The third-order valence-corrected chi connectivity index (χ3v) is 5.01. The van der Waals surface area contributed by atoms with E-state index >= 15 is 0 Å². The molecule has 4 rings (SSSR count). The second-order valence-corrected chi connectivity index (χ2v) is 6.51. The summed E-state index contributed by atoms with van der Waals surface area (Å²) >= 11 is 0. The molecule has 1 aliphatic heterocycles. The molecule has 0 spiro atoms. The standard InChI is InChI=1S/C19H18F2N6/c1-2-27(17-15(20)7-12(9-22)8-16(17)21)13-4-6-26(10-13)19-14-3-5-23-18(14)24-11-25-19/h3,5,7-8,11,13H,2,4,6,10H2,1H3,(H,23,24,25). The van der Waals surface area contributed by atoms with Gasteiger partial charge in [0.05, 0.1) is 17.0 Å². The van der Waals surface area contributed by atoms with Crippen LogP contribution in [-0.4, -0.2) is 40.6 Å². The van der Waals surface area contributed by atoms with Crippen LogP contribution in [0.15, 0.2) is 30.7 Å². The van der Waals surface area contributed by atoms with Crippen molar-refractivity contribution < 1.29 is 8.78 Å². The number of aromatic amines is 1. The van der Waals surface area contributed by atoms with Crippen LogP contribution in [0.2, 0.25) is 0 Å². The lowest BCUT2D eigenvalue weighted by atomic mass is 10.1. The first-order chi connectivity index (χ1) is 13.1. The van der Waals surface area contributed by atoms with Crippen LogP contribution in [0, 0.1) is 23.0 Å². The van der Waals surface area contributed by atoms with Crippen LogP contribution < -0.4 is 9.80 Å². The summed E-state index contributed by atoms with van der Waals surface area (Å²) in [5.41, 5.74) is 0.673. The monoisotopic (exact) mass is 368 g/mol. The van der Waals surface area contributed by atoms with Crippen LogP contribution in [0.1, 0.15) is 18.9 Å². The molecule has 1 aliphatic rings. The van der Waals surface area contributed by atoms with E-state index in [1.165, 1.54) is 6.33 Å². The second-order valence-electron chi connectivity index (χ2n) is 6.51. The van der Waals surface area contributed by atoms with Crippen molar-refractivity contribution in [3.8, 4) is 6.07 Å². The maximum atomic E-state index is 14.5. The predicted octanol–water partition coefficient (Wildman–Crippen LogP) is 3.21. The molecule has 6 nitrogen and oxygen atoms in total. The Balaban J connectivity index is 1.63. The quantitative estimate of drug-likeness (QED) is 0.766. The molecule has 0 bridgehead atoms. The fourth-order valence-corrected chi connectivity index (χ4v) is 3.80. The maximum absolute atomic E-state index is 14.5. The molecule has 0 saturated carbocycles. The van der Waals surface area contributed by atoms with E-state index in [1.807, 2.05) is 19.2 Å². The van der Waals surface area contributed by atoms with Crippen molar-refractivity contribution in [1.29, 1.82) is 5.26 Å². The number of nitriles is 1. The number of rotatable bonds is 4. The third kappa shape index (κ3) is 2.95. The molecule has 2 aromatic heterocycles. The second kappa shape index (κ2) is 6.83. The number of hydrogen-bond donors (Lipinski definition) is 1. The zero-order valence-electron chi connectivity index (χ0n) is 14.8. The van der Waals surface area contributed by atoms with E-state index in [2.05, 4.69) is 19.9 Å². The largest absolute Gasteiger partial charge is 0.362 e. The molecule has 0 radical (unpaired) electrons. The Kier molecular flexibility index (Phi) is 4.36. The highest BCUT2D eigenvalue weighted by atomic mass is 19.1. The molecule has 138 valence electrons. The normalized spacial score (nSPS) is 16.7. The minimum Gasteiger partial charge on any atom is -0.362 e. The summed E-state index contributed by atoms with van der Waals surface area (Å²) < 4.78 is 29.0. The third-order valence-electron chi connectivity index (χ3n) is 5.01. The Morgan fingerprint density at radius 1 is 1.33 bits per heavy atom. The van der Waals surface area contributed by atoms with E-state index in [9.17, 15) is 8.78 Å². The van der Waals surface area contributed by atoms with E-state index in [0.717, 1.165) is 41.9 Å². The van der Waals surface area contributed by atoms with Crippen molar-refractivity contribution >= 4 is 22.5 Å². The number of H-pyrrole nitrogens is 1. The number of halogens is 2. The van der Waals surface area contributed by atoms with E-state index in [1.54, 1.807) is 11.0 Å². The van der Waals surface area contributed by atoms with Crippen LogP contribution >= 0.6 is 0 Å². The van der Waals surface area contributed by atoms with Crippen molar-refractivity contribution in [3.63, 3.8) is 0 Å². The molecule has 3 aromatic rings. The number of fused-ring (bicyclic) bond motifs is 1. The van der Waals surface area contributed by atoms with E-state index in [4.69, 9.17) is 5.26 Å². The predicted molar refractivity (Wildman–Crippen MR) is 98.6 cm³/mol. The minimum absolute atomic E-state index is 0.0197. The van der Waals surface area contributed by atoms with Gasteiger partial charge >= 0.3 is 0 Å². The fraction of sp³-hybridized carbons (Fsp3) is 0.316. The Morgan fingerprint density at radius 3 is 2.81 bits per heavy atom. The molecule has 1 aromatic carbocycles. The first-order valence-electron chi connectivity index (χ1n) is 8.81. The molecule has 1 fully saturated rings. The van der Waals surface area contributed by atoms with Gasteiger partial charge in [-0.2, -0.15) is 5.26 Å². The van der Waals surface area contributed by atoms with Crippen LogP contribution in [0.5, 0.6) is 0 Å². The average molecular weight is 368 g/mol. The van der Waals surface area contributed by atoms with Gasteiger partial charge in [0.25, 0.3) is 0 Å². The van der Waals surface area contributed by atoms with E-state index in [0.29, 0.717) is 13.1 Å². The highest BCUT2D eigenvalue weighted by Crippen LogP contribution is 2.32. The summed E-state index contributed by atoms with van der Waals surface area (Å²) in [5.74, 6) is -0.593. The highest BCUT2D eigenvalue weighted by molar-refractivity contribution is 5.87. The Morgan fingerprint density at radius 2 is 2.11 bits per heavy atom. The lowest BCUT2D eigenvalue weighted by Crippen LogP contribution is -2.39. The van der Waals surface area contributed by atoms with Gasteiger partial charge in [0, 0.05) is 31.9 Å². The van der Waals surface area contributed by atoms with Gasteiger partial charge in [-0.3, -0.25) is 0 Å². The molecule has 1 unspecified atom stereocenters. The molecule has 0 aliphatic carbocycles. The van der Waals surface area contributed by atoms with Gasteiger partial charge in [0.2, 0.25) is 0 Å². The molecular formula is C19H18F2N6. The topological polar surface area (TPSA) is 71.8 Å². The molecule has 1 N–H and O–H groups in total. The number of anilines is 2. The van der Waals surface area contributed by atoms with Gasteiger partial charge in [-0.1, -0.05) is 0 Å². The summed E-state index contributed by atoms with van der Waals surface area (Å²) in [6.07, 6.45) is 4.08. The van der Waals surface area contributed by atoms with Crippen LogP contribution in [-0.2, 0) is 0 Å². The van der Waals surface area contributed by atoms with Gasteiger partial charge in [0.15, 0.2) is 11.6 Å². The summed E-state index contributed by atoms with van der Waals surface area (Å²) in [7, 11) is 0. The van der Waals surface area contributed by atoms with Gasteiger partial charge in [0.1, 0.15) is 23.5 Å². The number of aromatic nitrogens is 3. The van der Waals surface area contributed by atoms with Crippen molar-refractivity contribution in [2.45, 2.75) is 19.4 Å². The summed E-state index contributed by atoms with van der Waals surface area (Å²) in [6.45, 7) is 3.67. The zero-order chi connectivity index (χ0) is 19.0. The van der Waals surface area contributed by atoms with Crippen molar-refractivity contribution in [2.24, 2.45) is 0 Å². The minimum atomic E-state index is -0.707. The molecule has 3 heterocycles. The smallest absolute Gasteiger partial charge is 0.150 e. The first kappa shape index (κ1) is 17.2. The highest BCUT2D eigenvalue weighted by Gasteiger charge is 2.31.